The highest BCUT2D eigenvalue weighted by atomic mass is 16.4. The van der Waals surface area contributed by atoms with Crippen LogP contribution in [0.3, 0.4) is 0 Å². The molecule has 1 rings (SSSR count). The van der Waals surface area contributed by atoms with Crippen molar-refractivity contribution in [2.45, 2.75) is 6.82 Å². The van der Waals surface area contributed by atoms with Crippen LogP contribution in [-0.4, -0.2) is 40.5 Å². The van der Waals surface area contributed by atoms with Gasteiger partial charge in [0, 0.05) is 0 Å². The summed E-state index contributed by atoms with van der Waals surface area (Å²) in [6.07, 6.45) is 0. The molecule has 3 N–H and O–H groups in total. The van der Waals surface area contributed by atoms with Crippen molar-refractivity contribution in [3.63, 3.8) is 0 Å². The Hall–Kier alpha value is -2.31. The van der Waals surface area contributed by atoms with Crippen molar-refractivity contribution in [2.75, 3.05) is 0 Å². The smallest absolute Gasteiger partial charge is 0.335 e. The van der Waals surface area contributed by atoms with Crippen LogP contribution >= 0.6 is 0 Å². The molecule has 0 fully saturated rings. The van der Waals surface area contributed by atoms with Crippen LogP contribution in [0.4, 0.5) is 0 Å². The van der Waals surface area contributed by atoms with Crippen LogP contribution < -0.4 is 5.46 Å². The van der Waals surface area contributed by atoms with Crippen molar-refractivity contribution in [1.29, 1.82) is 0 Å². The summed E-state index contributed by atoms with van der Waals surface area (Å²) >= 11 is 0. The molecule has 0 amide bonds. The van der Waals surface area contributed by atoms with E-state index < -0.39 is 17.9 Å². The molecule has 0 saturated heterocycles. The first-order valence-electron chi connectivity index (χ1n) is 4.75. The summed E-state index contributed by atoms with van der Waals surface area (Å²) < 4.78 is 0. The topological polar surface area (TPSA) is 112 Å². The summed E-state index contributed by atoms with van der Waals surface area (Å²) in [5, 5.41) is 26.6. The molecule has 0 bridgehead atoms. The molecule has 17 heavy (non-hydrogen) atoms. The molecule has 0 atom stereocenters. The summed E-state index contributed by atoms with van der Waals surface area (Å²) in [6.45, 7) is 1.61. The zero-order valence-electron chi connectivity index (χ0n) is 8.93. The lowest BCUT2D eigenvalue weighted by Gasteiger charge is -2.09. The number of hydrogen-bond acceptors (Lipinski definition) is 3. The molecule has 0 aliphatic carbocycles. The summed E-state index contributed by atoms with van der Waals surface area (Å²) in [4.78, 5) is 32.7. The molecule has 0 radical (unpaired) electrons. The number of rotatable bonds is 4. The van der Waals surface area contributed by atoms with Crippen LogP contribution in [0.2, 0.25) is 6.82 Å². The van der Waals surface area contributed by atoms with Crippen molar-refractivity contribution < 1.29 is 29.7 Å². The van der Waals surface area contributed by atoms with Gasteiger partial charge in [0.15, 0.2) is 7.28 Å². The first-order valence-corrected chi connectivity index (χ1v) is 4.75. The van der Waals surface area contributed by atoms with Gasteiger partial charge >= 0.3 is 17.9 Å². The number of carboxylic acids is 3. The highest BCUT2D eigenvalue weighted by Gasteiger charge is 2.20. The molecule has 6 nitrogen and oxygen atoms in total. The molecule has 0 spiro atoms. The first-order chi connectivity index (χ1) is 7.88. The Labute approximate surface area is 96.7 Å². The number of hydrogen-bond donors (Lipinski definition) is 3. The van der Waals surface area contributed by atoms with E-state index in [0.717, 1.165) is 12.1 Å². The third-order valence-electron chi connectivity index (χ3n) is 2.31. The van der Waals surface area contributed by atoms with E-state index in [4.69, 9.17) is 15.3 Å². The van der Waals surface area contributed by atoms with E-state index in [1.807, 2.05) is 0 Å². The monoisotopic (exact) mass is 236 g/mol. The molecule has 0 unspecified atom stereocenters. The van der Waals surface area contributed by atoms with Gasteiger partial charge in [-0.1, -0.05) is 12.3 Å². The normalized spacial score (nSPS) is 9.71. The lowest BCUT2D eigenvalue weighted by atomic mass is 9.68. The Kier molecular flexibility index (Phi) is 3.52. The summed E-state index contributed by atoms with van der Waals surface area (Å²) in [5.41, 5.74) is -0.804. The highest BCUT2D eigenvalue weighted by Crippen LogP contribution is 2.09. The fraction of sp³-hybridized carbons (Fsp3) is 0.100. The van der Waals surface area contributed by atoms with Gasteiger partial charge in [0.1, 0.15) is 0 Å². The molecular formula is C10H9BO6. The Morgan fingerprint density at radius 2 is 1.35 bits per heavy atom. The van der Waals surface area contributed by atoms with Crippen molar-refractivity contribution in [3.8, 4) is 0 Å². The molecule has 0 aliphatic rings. The number of carbonyl (C=O) groups is 3. The minimum atomic E-state index is -1.36. The van der Waals surface area contributed by atoms with Gasteiger partial charge < -0.3 is 15.3 Å². The van der Waals surface area contributed by atoms with Crippen LogP contribution in [-0.2, 0) is 0 Å². The second kappa shape index (κ2) is 4.69. The van der Waals surface area contributed by atoms with Crippen LogP contribution in [0.15, 0.2) is 12.1 Å². The number of aromatic carboxylic acids is 3. The maximum Gasteiger partial charge on any atom is 0.335 e. The highest BCUT2D eigenvalue weighted by molar-refractivity contribution is 6.56. The summed E-state index contributed by atoms with van der Waals surface area (Å²) in [6, 6.07) is 1.94. The van der Waals surface area contributed by atoms with E-state index in [1.165, 1.54) is 0 Å². The van der Waals surface area contributed by atoms with Gasteiger partial charge in [0.2, 0.25) is 0 Å². The van der Waals surface area contributed by atoms with Crippen LogP contribution in [0.25, 0.3) is 0 Å². The van der Waals surface area contributed by atoms with Gasteiger partial charge in [-0.05, 0) is 12.1 Å². The number of carboxylic acid groups (broad SMARTS) is 3. The predicted molar refractivity (Wildman–Crippen MR) is 60.0 cm³/mol. The minimum absolute atomic E-state index is 0.120. The van der Waals surface area contributed by atoms with E-state index in [2.05, 4.69) is 0 Å². The second-order valence-corrected chi connectivity index (χ2v) is 3.32. The van der Waals surface area contributed by atoms with Crippen molar-refractivity contribution >= 4 is 30.7 Å². The standard InChI is InChI=1S/C10H9BO6/c1-11-7-5(9(14)15)2-4(8(12)13)3-6(7)10(16)17/h2-3,11H,1H3,(H,12,13)(H,14,15)(H,16,17). The van der Waals surface area contributed by atoms with Crippen LogP contribution in [0, 0.1) is 0 Å². The molecular weight excluding hydrogens is 227 g/mol. The molecule has 1 aromatic carbocycles. The fourth-order valence-corrected chi connectivity index (χ4v) is 1.56. The Balaban J connectivity index is 3.63. The van der Waals surface area contributed by atoms with Gasteiger partial charge in [-0.25, -0.2) is 14.4 Å². The first kappa shape index (κ1) is 12.8. The van der Waals surface area contributed by atoms with E-state index >= 15 is 0 Å². The third-order valence-corrected chi connectivity index (χ3v) is 2.31. The SMILES string of the molecule is CBc1c(C(=O)O)cc(C(=O)O)cc1C(=O)O. The van der Waals surface area contributed by atoms with E-state index in [-0.39, 0.29) is 29.4 Å². The maximum atomic E-state index is 10.9. The molecule has 88 valence electrons. The van der Waals surface area contributed by atoms with Gasteiger partial charge in [-0.15, -0.1) is 0 Å². The van der Waals surface area contributed by atoms with E-state index in [1.54, 1.807) is 6.82 Å². The largest absolute Gasteiger partial charge is 0.478 e. The fourth-order valence-electron chi connectivity index (χ4n) is 1.56. The zero-order chi connectivity index (χ0) is 13.2. The number of benzene rings is 1. The van der Waals surface area contributed by atoms with Crippen LogP contribution in [0.5, 0.6) is 0 Å². The van der Waals surface area contributed by atoms with E-state index in [9.17, 15) is 14.4 Å². The van der Waals surface area contributed by atoms with Gasteiger partial charge in [0.05, 0.1) is 16.7 Å². The summed E-state index contributed by atoms with van der Waals surface area (Å²) in [7, 11) is 0.198. The third kappa shape index (κ3) is 2.44. The Morgan fingerprint density at radius 3 is 1.59 bits per heavy atom. The lowest BCUT2D eigenvalue weighted by Crippen LogP contribution is -2.28. The molecule has 7 heteroatoms. The zero-order valence-corrected chi connectivity index (χ0v) is 8.93. The van der Waals surface area contributed by atoms with Crippen molar-refractivity contribution in [2.24, 2.45) is 0 Å². The second-order valence-electron chi connectivity index (χ2n) is 3.32. The van der Waals surface area contributed by atoms with Gasteiger partial charge in [-0.2, -0.15) is 0 Å². The van der Waals surface area contributed by atoms with Gasteiger partial charge in [-0.3, -0.25) is 0 Å². The maximum absolute atomic E-state index is 10.9. The molecule has 0 aromatic heterocycles. The van der Waals surface area contributed by atoms with Gasteiger partial charge in [0.25, 0.3) is 0 Å². The lowest BCUT2D eigenvalue weighted by molar-refractivity contribution is 0.0696. The molecule has 0 aliphatic heterocycles. The molecule has 1 aromatic rings. The average Bonchev–Trinajstić information content (AvgIpc) is 2.26. The predicted octanol–water partition coefficient (Wildman–Crippen LogP) is -0.109. The molecule has 0 heterocycles. The summed E-state index contributed by atoms with van der Waals surface area (Å²) in [5.74, 6) is -4.04. The molecule has 0 saturated carbocycles. The Morgan fingerprint density at radius 1 is 0.941 bits per heavy atom. The van der Waals surface area contributed by atoms with E-state index in [0.29, 0.717) is 0 Å². The van der Waals surface area contributed by atoms with Crippen LogP contribution in [0.1, 0.15) is 31.1 Å². The quantitative estimate of drug-likeness (QED) is 0.628. The van der Waals surface area contributed by atoms with Crippen molar-refractivity contribution in [1.82, 2.24) is 0 Å². The van der Waals surface area contributed by atoms with Crippen molar-refractivity contribution in [3.05, 3.63) is 28.8 Å². The average molecular weight is 236 g/mol. The minimum Gasteiger partial charge on any atom is -0.478 e. The Bertz CT molecular complexity index is 473.